The molecule has 0 saturated heterocycles. The number of halogens is 4. The lowest BCUT2D eigenvalue weighted by Crippen LogP contribution is -1.83. The van der Waals surface area contributed by atoms with Crippen LogP contribution in [0, 0.1) is 0 Å². The third kappa shape index (κ3) is 24.4. The average molecular weight is 316 g/mol. The van der Waals surface area contributed by atoms with Gasteiger partial charge in [-0.05, 0) is 13.8 Å². The molecule has 0 bridgehead atoms. The molecule has 0 fully saturated rings. The van der Waals surface area contributed by atoms with Crippen LogP contribution in [0.3, 0.4) is 0 Å². The Balaban J connectivity index is 0. The lowest BCUT2D eigenvalue weighted by molar-refractivity contribution is 0.480. The van der Waals surface area contributed by atoms with E-state index in [2.05, 4.69) is 0 Å². The molecule has 0 aromatic heterocycles. The van der Waals surface area contributed by atoms with Crippen LogP contribution < -0.4 is 0 Å². The maximum Gasteiger partial charge on any atom is 0.153 e. The SMILES string of the molecule is CC(F)SSC(C)F.FCCSSCCF. The predicted octanol–water partition coefficient (Wildman–Crippen LogP) is 5.31. The van der Waals surface area contributed by atoms with E-state index in [0.29, 0.717) is 11.5 Å². The van der Waals surface area contributed by atoms with Gasteiger partial charge in [-0.15, -0.1) is 0 Å². The van der Waals surface area contributed by atoms with Crippen molar-refractivity contribution in [2.24, 2.45) is 0 Å². The fourth-order valence-electron chi connectivity index (χ4n) is 0.334. The lowest BCUT2D eigenvalue weighted by Gasteiger charge is -1.99. The lowest BCUT2D eigenvalue weighted by atomic mass is 10.9. The summed E-state index contributed by atoms with van der Waals surface area (Å²) in [5, 5.41) is 0. The van der Waals surface area contributed by atoms with Gasteiger partial charge in [0.05, 0.1) is 13.3 Å². The highest BCUT2D eigenvalue weighted by Gasteiger charge is 2.02. The van der Waals surface area contributed by atoms with Gasteiger partial charge in [0.25, 0.3) is 0 Å². The summed E-state index contributed by atoms with van der Waals surface area (Å²) in [6, 6.07) is 0. The van der Waals surface area contributed by atoms with E-state index in [-0.39, 0.29) is 13.3 Å². The summed E-state index contributed by atoms with van der Waals surface area (Å²) >= 11 is 0. The van der Waals surface area contributed by atoms with Crippen LogP contribution in [-0.2, 0) is 0 Å². The summed E-state index contributed by atoms with van der Waals surface area (Å²) in [5.74, 6) is 0.954. The highest BCUT2D eigenvalue weighted by atomic mass is 33.1. The molecule has 0 N–H and O–H groups in total. The molecular weight excluding hydrogens is 300 g/mol. The monoisotopic (exact) mass is 316 g/mol. The molecule has 0 amide bonds. The molecule has 0 aromatic carbocycles. The first kappa shape index (κ1) is 19.5. The minimum atomic E-state index is -0.974. The normalized spacial score (nSPS) is 13.9. The first-order valence-electron chi connectivity index (χ1n) is 4.51. The zero-order valence-electron chi connectivity index (χ0n) is 9.13. The van der Waals surface area contributed by atoms with E-state index in [1.54, 1.807) is 0 Å². The topological polar surface area (TPSA) is 0 Å². The third-order valence-corrected chi connectivity index (χ3v) is 5.60. The van der Waals surface area contributed by atoms with Crippen LogP contribution in [0.4, 0.5) is 17.6 Å². The largest absolute Gasteiger partial charge is 0.250 e. The van der Waals surface area contributed by atoms with Crippen LogP contribution in [0.5, 0.6) is 0 Å². The molecule has 0 aromatic rings. The smallest absolute Gasteiger partial charge is 0.153 e. The van der Waals surface area contributed by atoms with Crippen molar-refractivity contribution in [3.05, 3.63) is 0 Å². The Morgan fingerprint density at radius 2 is 1.12 bits per heavy atom. The van der Waals surface area contributed by atoms with Crippen LogP contribution in [-0.4, -0.2) is 35.9 Å². The van der Waals surface area contributed by atoms with Crippen LogP contribution in [0.25, 0.3) is 0 Å². The highest BCUT2D eigenvalue weighted by Crippen LogP contribution is 2.31. The Morgan fingerprint density at radius 3 is 1.31 bits per heavy atom. The first-order valence-corrected chi connectivity index (χ1v) is 9.27. The Labute approximate surface area is 110 Å². The minimum Gasteiger partial charge on any atom is -0.250 e. The third-order valence-electron chi connectivity index (χ3n) is 0.725. The van der Waals surface area contributed by atoms with E-state index < -0.39 is 11.0 Å². The van der Waals surface area contributed by atoms with Crippen LogP contribution in [0.2, 0.25) is 0 Å². The molecule has 0 aliphatic carbocycles. The Kier molecular flexibility index (Phi) is 19.6. The Bertz CT molecular complexity index is 113. The molecule has 8 heteroatoms. The van der Waals surface area contributed by atoms with Gasteiger partial charge < -0.3 is 0 Å². The molecule has 0 spiro atoms. The van der Waals surface area contributed by atoms with E-state index in [1.807, 2.05) is 0 Å². The van der Waals surface area contributed by atoms with E-state index >= 15 is 0 Å². The summed E-state index contributed by atoms with van der Waals surface area (Å²) in [7, 11) is 4.59. The number of rotatable bonds is 8. The van der Waals surface area contributed by atoms with Crippen molar-refractivity contribution >= 4 is 43.2 Å². The maximum atomic E-state index is 11.8. The molecule has 0 heterocycles. The summed E-state index contributed by atoms with van der Waals surface area (Å²) in [4.78, 5) is 0. The van der Waals surface area contributed by atoms with E-state index in [9.17, 15) is 17.6 Å². The molecule has 0 aliphatic rings. The molecule has 2 atom stereocenters. The van der Waals surface area contributed by atoms with Crippen molar-refractivity contribution in [3.63, 3.8) is 0 Å². The van der Waals surface area contributed by atoms with Crippen molar-refractivity contribution in [2.75, 3.05) is 24.9 Å². The van der Waals surface area contributed by atoms with Gasteiger partial charge in [0.2, 0.25) is 0 Å². The standard InChI is InChI=1S/2C4H8F2S2/c1-3(5)7-8-4(2)6;5-1-3-7-8-4-2-6/h3-4H,1-2H3;1-4H2. The predicted molar refractivity (Wildman–Crippen MR) is 73.2 cm³/mol. The minimum absolute atomic E-state index is 0.316. The van der Waals surface area contributed by atoms with Crippen molar-refractivity contribution in [1.29, 1.82) is 0 Å². The molecule has 0 rings (SSSR count). The van der Waals surface area contributed by atoms with Crippen LogP contribution >= 0.6 is 43.2 Å². The fourth-order valence-corrected chi connectivity index (χ4v) is 3.01. The molecule has 16 heavy (non-hydrogen) atoms. The van der Waals surface area contributed by atoms with Gasteiger partial charge in [-0.1, -0.05) is 43.2 Å². The summed E-state index contributed by atoms with van der Waals surface area (Å²) in [5.41, 5.74) is -1.95. The summed E-state index contributed by atoms with van der Waals surface area (Å²) in [6.45, 7) is 2.15. The van der Waals surface area contributed by atoms with Crippen molar-refractivity contribution in [2.45, 2.75) is 24.9 Å². The molecule has 100 valence electrons. The first-order chi connectivity index (χ1) is 7.54. The molecule has 2 unspecified atom stereocenters. The second kappa shape index (κ2) is 16.1. The Hall–Kier alpha value is 1.12. The second-order valence-corrected chi connectivity index (χ2v) is 7.84. The van der Waals surface area contributed by atoms with Gasteiger partial charge >= 0.3 is 0 Å². The van der Waals surface area contributed by atoms with E-state index in [1.165, 1.54) is 35.4 Å². The zero-order valence-corrected chi connectivity index (χ0v) is 12.4. The van der Waals surface area contributed by atoms with Gasteiger partial charge in [-0.3, -0.25) is 8.78 Å². The number of hydrogen-bond donors (Lipinski definition) is 0. The number of hydrogen-bond acceptors (Lipinski definition) is 4. The maximum absolute atomic E-state index is 11.8. The fraction of sp³-hybridized carbons (Fsp3) is 1.00. The summed E-state index contributed by atoms with van der Waals surface area (Å²) in [6.07, 6.45) is 0. The summed E-state index contributed by atoms with van der Waals surface area (Å²) < 4.78 is 46.3. The zero-order chi connectivity index (χ0) is 12.8. The van der Waals surface area contributed by atoms with Gasteiger partial charge in [-0.2, -0.15) is 0 Å². The second-order valence-electron chi connectivity index (χ2n) is 2.30. The average Bonchev–Trinajstić information content (AvgIpc) is 2.23. The van der Waals surface area contributed by atoms with E-state index in [4.69, 9.17) is 0 Å². The van der Waals surface area contributed by atoms with Gasteiger partial charge in [0, 0.05) is 11.5 Å². The van der Waals surface area contributed by atoms with E-state index in [0.717, 1.165) is 21.6 Å². The Morgan fingerprint density at radius 1 is 0.812 bits per heavy atom. The van der Waals surface area contributed by atoms with Gasteiger partial charge in [0.15, 0.2) is 11.0 Å². The quantitative estimate of drug-likeness (QED) is 0.338. The molecule has 0 aliphatic heterocycles. The van der Waals surface area contributed by atoms with Gasteiger partial charge in [0.1, 0.15) is 0 Å². The van der Waals surface area contributed by atoms with Gasteiger partial charge in [-0.25, -0.2) is 8.78 Å². The molecular formula is C8H16F4S4. The molecule has 0 saturated carbocycles. The molecule has 0 nitrogen and oxygen atoms in total. The highest BCUT2D eigenvalue weighted by molar-refractivity contribution is 8.77. The number of alkyl halides is 4. The van der Waals surface area contributed by atoms with Crippen LogP contribution in [0.1, 0.15) is 13.8 Å². The van der Waals surface area contributed by atoms with Crippen molar-refractivity contribution in [3.8, 4) is 0 Å². The molecule has 0 radical (unpaired) electrons. The van der Waals surface area contributed by atoms with Crippen LogP contribution in [0.15, 0.2) is 0 Å². The van der Waals surface area contributed by atoms with Crippen molar-refractivity contribution < 1.29 is 17.6 Å². The van der Waals surface area contributed by atoms with Crippen molar-refractivity contribution in [1.82, 2.24) is 0 Å².